The molecule has 0 aromatic carbocycles. The van der Waals surface area contributed by atoms with Gasteiger partial charge < -0.3 is 9.84 Å². The fourth-order valence-corrected chi connectivity index (χ4v) is 2.05. The topological polar surface area (TPSA) is 88.5 Å². The van der Waals surface area contributed by atoms with E-state index in [1.807, 2.05) is 6.92 Å². The van der Waals surface area contributed by atoms with E-state index >= 15 is 0 Å². The van der Waals surface area contributed by atoms with E-state index in [0.29, 0.717) is 17.2 Å². The number of carboxylic acids is 1. The summed E-state index contributed by atoms with van der Waals surface area (Å²) in [5.41, 5.74) is -0.144. The first kappa shape index (κ1) is 16.2. The third-order valence-electron chi connectivity index (χ3n) is 2.03. The predicted octanol–water partition coefficient (Wildman–Crippen LogP) is 3.37. The molecule has 110 valence electrons. The first-order valence-corrected chi connectivity index (χ1v) is 7.00. The van der Waals surface area contributed by atoms with Crippen LogP contribution in [-0.2, 0) is 9.53 Å². The van der Waals surface area contributed by atoms with Gasteiger partial charge in [-0.2, -0.15) is 0 Å². The molecule has 6 nitrogen and oxygen atoms in total. The SMILES string of the molecule is CCC=C(C(=O)O)c1csc(NC(=O)OC(C)(C)C)n1. The number of nitrogens with zero attached hydrogens (tertiary/aromatic N) is 1. The third kappa shape index (κ3) is 5.00. The van der Waals surface area contributed by atoms with Crippen molar-refractivity contribution in [2.75, 3.05) is 5.32 Å². The predicted molar refractivity (Wildman–Crippen MR) is 77.9 cm³/mol. The molecule has 7 heteroatoms. The monoisotopic (exact) mass is 298 g/mol. The highest BCUT2D eigenvalue weighted by Gasteiger charge is 2.18. The summed E-state index contributed by atoms with van der Waals surface area (Å²) in [6.45, 7) is 7.11. The molecule has 1 amide bonds. The van der Waals surface area contributed by atoms with Crippen LogP contribution in [0, 0.1) is 0 Å². The number of carbonyl (C=O) groups is 2. The van der Waals surface area contributed by atoms with Crippen molar-refractivity contribution in [1.29, 1.82) is 0 Å². The van der Waals surface area contributed by atoms with E-state index < -0.39 is 17.7 Å². The molecule has 0 aliphatic heterocycles. The van der Waals surface area contributed by atoms with Crippen LogP contribution >= 0.6 is 11.3 Å². The largest absolute Gasteiger partial charge is 0.478 e. The number of allylic oxidation sites excluding steroid dienone is 1. The van der Waals surface area contributed by atoms with Crippen LogP contribution in [0.2, 0.25) is 0 Å². The molecular formula is C13H18N2O4S. The zero-order valence-corrected chi connectivity index (χ0v) is 12.7. The molecule has 0 spiro atoms. The van der Waals surface area contributed by atoms with Crippen LogP contribution in [0.4, 0.5) is 9.93 Å². The maximum atomic E-state index is 11.6. The van der Waals surface area contributed by atoms with E-state index in [1.54, 1.807) is 32.2 Å². The first-order valence-electron chi connectivity index (χ1n) is 6.12. The summed E-state index contributed by atoms with van der Waals surface area (Å²) in [7, 11) is 0. The minimum atomic E-state index is -1.04. The Balaban J connectivity index is 2.80. The molecular weight excluding hydrogens is 280 g/mol. The van der Waals surface area contributed by atoms with Gasteiger partial charge in [-0.15, -0.1) is 11.3 Å². The molecule has 0 unspecified atom stereocenters. The average Bonchev–Trinajstić information content (AvgIpc) is 2.70. The Bertz CT molecular complexity index is 529. The lowest BCUT2D eigenvalue weighted by Crippen LogP contribution is -2.27. The number of thiazole rings is 1. The van der Waals surface area contributed by atoms with Gasteiger partial charge >= 0.3 is 12.1 Å². The van der Waals surface area contributed by atoms with Gasteiger partial charge in [0, 0.05) is 5.38 Å². The number of hydrogen-bond donors (Lipinski definition) is 2. The molecule has 2 N–H and O–H groups in total. The smallest absolute Gasteiger partial charge is 0.413 e. The number of hydrogen-bond acceptors (Lipinski definition) is 5. The molecule has 1 aromatic rings. The number of amides is 1. The molecule has 0 bridgehead atoms. The number of carboxylic acid groups (broad SMARTS) is 1. The van der Waals surface area contributed by atoms with Gasteiger partial charge in [0.25, 0.3) is 0 Å². The lowest BCUT2D eigenvalue weighted by atomic mass is 10.2. The minimum Gasteiger partial charge on any atom is -0.478 e. The lowest BCUT2D eigenvalue weighted by Gasteiger charge is -2.18. The molecule has 1 aromatic heterocycles. The highest BCUT2D eigenvalue weighted by atomic mass is 32.1. The first-order chi connectivity index (χ1) is 9.23. The fraction of sp³-hybridized carbons (Fsp3) is 0.462. The molecule has 1 rings (SSSR count). The van der Waals surface area contributed by atoms with Crippen LogP contribution < -0.4 is 5.32 Å². The van der Waals surface area contributed by atoms with Crippen molar-refractivity contribution < 1.29 is 19.4 Å². The van der Waals surface area contributed by atoms with Gasteiger partial charge in [0.15, 0.2) is 5.13 Å². The zero-order chi connectivity index (χ0) is 15.3. The van der Waals surface area contributed by atoms with Gasteiger partial charge in [-0.25, -0.2) is 14.6 Å². The van der Waals surface area contributed by atoms with E-state index in [2.05, 4.69) is 10.3 Å². The molecule has 0 fully saturated rings. The van der Waals surface area contributed by atoms with Crippen molar-refractivity contribution in [1.82, 2.24) is 4.98 Å². The Morgan fingerprint density at radius 3 is 2.65 bits per heavy atom. The fourth-order valence-electron chi connectivity index (χ4n) is 1.35. The van der Waals surface area contributed by atoms with Crippen molar-refractivity contribution in [2.45, 2.75) is 39.7 Å². The standard InChI is InChI=1S/C13H18N2O4S/c1-5-6-8(10(16)17)9-7-20-11(14-9)15-12(18)19-13(2,3)4/h6-7H,5H2,1-4H3,(H,16,17)(H,14,15,18). The number of anilines is 1. The van der Waals surface area contributed by atoms with Crippen molar-refractivity contribution in [3.8, 4) is 0 Å². The number of nitrogens with one attached hydrogen (secondary N) is 1. The maximum Gasteiger partial charge on any atom is 0.413 e. The highest BCUT2D eigenvalue weighted by Crippen LogP contribution is 2.23. The quantitative estimate of drug-likeness (QED) is 0.832. The lowest BCUT2D eigenvalue weighted by molar-refractivity contribution is -0.130. The van der Waals surface area contributed by atoms with Crippen molar-refractivity contribution >= 4 is 34.1 Å². The van der Waals surface area contributed by atoms with Crippen LogP contribution in [0.25, 0.3) is 5.57 Å². The minimum absolute atomic E-state index is 0.126. The third-order valence-corrected chi connectivity index (χ3v) is 2.78. The van der Waals surface area contributed by atoms with Crippen LogP contribution in [0.3, 0.4) is 0 Å². The second kappa shape index (κ2) is 6.51. The molecule has 0 saturated heterocycles. The molecule has 0 radical (unpaired) electrons. The number of aromatic nitrogens is 1. The Morgan fingerprint density at radius 2 is 2.15 bits per heavy atom. The summed E-state index contributed by atoms with van der Waals surface area (Å²) in [5.74, 6) is -1.04. The second-order valence-electron chi connectivity index (χ2n) is 5.00. The Morgan fingerprint density at radius 1 is 1.50 bits per heavy atom. The van der Waals surface area contributed by atoms with Gasteiger partial charge in [0.2, 0.25) is 0 Å². The number of ether oxygens (including phenoxy) is 1. The molecule has 20 heavy (non-hydrogen) atoms. The van der Waals surface area contributed by atoms with E-state index in [1.165, 1.54) is 0 Å². The van der Waals surface area contributed by atoms with Gasteiger partial charge in [-0.1, -0.05) is 13.0 Å². The average molecular weight is 298 g/mol. The number of rotatable bonds is 4. The summed E-state index contributed by atoms with van der Waals surface area (Å²) >= 11 is 1.15. The van der Waals surface area contributed by atoms with E-state index in [4.69, 9.17) is 9.84 Å². The van der Waals surface area contributed by atoms with Gasteiger partial charge in [-0.3, -0.25) is 5.32 Å². The van der Waals surface area contributed by atoms with Crippen LogP contribution in [0.1, 0.15) is 39.8 Å². The number of aliphatic carboxylic acids is 1. The summed E-state index contributed by atoms with van der Waals surface area (Å²) in [6.07, 6.45) is 1.55. The van der Waals surface area contributed by atoms with Crippen molar-refractivity contribution in [3.05, 3.63) is 17.2 Å². The maximum absolute atomic E-state index is 11.6. The summed E-state index contributed by atoms with van der Waals surface area (Å²) in [5, 5.41) is 13.5. The van der Waals surface area contributed by atoms with Gasteiger partial charge in [-0.05, 0) is 27.2 Å². The molecule has 1 heterocycles. The van der Waals surface area contributed by atoms with E-state index in [-0.39, 0.29) is 5.57 Å². The van der Waals surface area contributed by atoms with Crippen LogP contribution in [-0.4, -0.2) is 27.8 Å². The molecule has 0 atom stereocenters. The van der Waals surface area contributed by atoms with Crippen LogP contribution in [0.15, 0.2) is 11.5 Å². The van der Waals surface area contributed by atoms with Crippen LogP contribution in [0.5, 0.6) is 0 Å². The Labute approximate surface area is 121 Å². The Hall–Kier alpha value is -1.89. The normalized spacial score (nSPS) is 12.1. The number of carbonyl (C=O) groups excluding carboxylic acids is 1. The molecule has 0 aliphatic rings. The highest BCUT2D eigenvalue weighted by molar-refractivity contribution is 7.14. The van der Waals surface area contributed by atoms with Crippen molar-refractivity contribution in [2.24, 2.45) is 0 Å². The van der Waals surface area contributed by atoms with Gasteiger partial charge in [0.1, 0.15) is 5.60 Å². The zero-order valence-electron chi connectivity index (χ0n) is 11.9. The van der Waals surface area contributed by atoms with Crippen molar-refractivity contribution in [3.63, 3.8) is 0 Å². The molecule has 0 aliphatic carbocycles. The van der Waals surface area contributed by atoms with E-state index in [0.717, 1.165) is 11.3 Å². The Kier molecular flexibility index (Phi) is 5.26. The summed E-state index contributed by atoms with van der Waals surface area (Å²) in [4.78, 5) is 26.7. The summed E-state index contributed by atoms with van der Waals surface area (Å²) < 4.78 is 5.09. The van der Waals surface area contributed by atoms with Gasteiger partial charge in [0.05, 0.1) is 11.3 Å². The second-order valence-corrected chi connectivity index (χ2v) is 5.85. The molecule has 0 saturated carbocycles. The van der Waals surface area contributed by atoms with E-state index in [9.17, 15) is 9.59 Å². The summed E-state index contributed by atoms with van der Waals surface area (Å²) in [6, 6.07) is 0.